The van der Waals surface area contributed by atoms with E-state index in [-0.39, 0.29) is 34.2 Å². The van der Waals surface area contributed by atoms with Gasteiger partial charge in [-0.1, -0.05) is 6.07 Å². The molecule has 0 spiro atoms. The number of phenols is 1. The van der Waals surface area contributed by atoms with Gasteiger partial charge >= 0.3 is 11.9 Å². The van der Waals surface area contributed by atoms with Gasteiger partial charge in [0.25, 0.3) is 11.8 Å². The summed E-state index contributed by atoms with van der Waals surface area (Å²) in [4.78, 5) is 49.0. The van der Waals surface area contributed by atoms with E-state index in [0.29, 0.717) is 23.3 Å². The van der Waals surface area contributed by atoms with E-state index < -0.39 is 30.4 Å². The molecule has 2 rings (SSSR count). The van der Waals surface area contributed by atoms with Crippen LogP contribution in [-0.2, 0) is 25.5 Å². The predicted molar refractivity (Wildman–Crippen MR) is 121 cm³/mol. The second-order valence-corrected chi connectivity index (χ2v) is 7.80. The number of carbonyl (C=O) groups excluding carboxylic acids is 4. The van der Waals surface area contributed by atoms with Crippen molar-refractivity contribution in [2.75, 3.05) is 32.7 Å². The number of phenolic OH excluding ortho intramolecular Hbond substituents is 1. The lowest BCUT2D eigenvalue weighted by Gasteiger charge is -2.08. The summed E-state index contributed by atoms with van der Waals surface area (Å²) in [6, 6.07) is 4.78. The second kappa shape index (κ2) is 11.9. The number of aryl methyl sites for hydroxylation is 1. The van der Waals surface area contributed by atoms with Crippen LogP contribution in [0.3, 0.4) is 0 Å². The number of amides is 2. The van der Waals surface area contributed by atoms with Crippen molar-refractivity contribution in [2.24, 2.45) is 0 Å². The number of anilines is 1. The summed E-state index contributed by atoms with van der Waals surface area (Å²) >= 11 is 0.928. The van der Waals surface area contributed by atoms with Crippen LogP contribution in [-0.4, -0.2) is 56.2 Å². The Hall–Kier alpha value is -3.60. The summed E-state index contributed by atoms with van der Waals surface area (Å²) in [5.74, 6) is -2.07. The summed E-state index contributed by atoms with van der Waals surface area (Å²) in [6.07, 6.45) is 0.288. The molecule has 11 heteroatoms. The molecule has 2 amide bonds. The van der Waals surface area contributed by atoms with Gasteiger partial charge in [-0.25, -0.2) is 4.79 Å². The average Bonchev–Trinajstić information content (AvgIpc) is 3.11. The van der Waals surface area contributed by atoms with Crippen molar-refractivity contribution in [3.05, 3.63) is 39.8 Å². The maximum Gasteiger partial charge on any atom is 0.341 e. The van der Waals surface area contributed by atoms with Crippen molar-refractivity contribution in [3.63, 3.8) is 0 Å². The SMILES string of the molecule is CCOC(=O)c1c(NC(=O)COC(=O)CCc2ccc(OC)c(O)c2)sc(C(=O)NC)c1C. The van der Waals surface area contributed by atoms with Gasteiger partial charge in [-0.3, -0.25) is 14.4 Å². The number of carbonyl (C=O) groups is 4. The normalized spacial score (nSPS) is 10.3. The minimum atomic E-state index is -0.670. The Morgan fingerprint density at radius 2 is 1.88 bits per heavy atom. The van der Waals surface area contributed by atoms with E-state index in [0.717, 1.165) is 11.3 Å². The van der Waals surface area contributed by atoms with Crippen molar-refractivity contribution in [3.8, 4) is 11.5 Å². The van der Waals surface area contributed by atoms with E-state index in [1.807, 2.05) is 0 Å². The van der Waals surface area contributed by atoms with Crippen LogP contribution in [0.5, 0.6) is 11.5 Å². The Labute approximate surface area is 194 Å². The Morgan fingerprint density at radius 1 is 1.15 bits per heavy atom. The van der Waals surface area contributed by atoms with Gasteiger partial charge < -0.3 is 30.0 Å². The predicted octanol–water partition coefficient (Wildman–Crippen LogP) is 2.42. The summed E-state index contributed by atoms with van der Waals surface area (Å²) in [7, 11) is 2.89. The average molecular weight is 479 g/mol. The van der Waals surface area contributed by atoms with Crippen LogP contribution in [0.2, 0.25) is 0 Å². The largest absolute Gasteiger partial charge is 0.504 e. The first kappa shape index (κ1) is 25.7. The highest BCUT2D eigenvalue weighted by molar-refractivity contribution is 7.18. The molecule has 0 saturated carbocycles. The van der Waals surface area contributed by atoms with Crippen molar-refractivity contribution >= 4 is 40.1 Å². The summed E-state index contributed by atoms with van der Waals surface area (Å²) < 4.78 is 15.0. The smallest absolute Gasteiger partial charge is 0.341 e. The molecule has 1 aromatic carbocycles. The zero-order valence-corrected chi connectivity index (χ0v) is 19.6. The zero-order valence-electron chi connectivity index (χ0n) is 18.8. The van der Waals surface area contributed by atoms with E-state index in [1.54, 1.807) is 26.0 Å². The minimum absolute atomic E-state index is 0.00788. The summed E-state index contributed by atoms with van der Waals surface area (Å²) in [5.41, 5.74) is 1.16. The van der Waals surface area contributed by atoms with Gasteiger partial charge in [0.1, 0.15) is 5.00 Å². The van der Waals surface area contributed by atoms with Gasteiger partial charge in [0, 0.05) is 13.5 Å². The van der Waals surface area contributed by atoms with E-state index in [2.05, 4.69) is 10.6 Å². The van der Waals surface area contributed by atoms with Gasteiger partial charge in [0.05, 0.1) is 24.2 Å². The molecule has 0 bridgehead atoms. The number of esters is 2. The minimum Gasteiger partial charge on any atom is -0.504 e. The standard InChI is InChI=1S/C22H26N2O8S/c1-5-31-22(29)18-12(2)19(20(28)23-3)33-21(18)24-16(26)11-32-17(27)9-7-13-6-8-15(30-4)14(25)10-13/h6,8,10,25H,5,7,9,11H2,1-4H3,(H,23,28)(H,24,26). The topological polar surface area (TPSA) is 140 Å². The second-order valence-electron chi connectivity index (χ2n) is 6.77. The van der Waals surface area contributed by atoms with Crippen molar-refractivity contribution in [1.29, 1.82) is 0 Å². The fourth-order valence-corrected chi connectivity index (χ4v) is 4.06. The molecule has 0 radical (unpaired) electrons. The number of hydrogen-bond acceptors (Lipinski definition) is 9. The van der Waals surface area contributed by atoms with E-state index in [1.165, 1.54) is 20.2 Å². The molecule has 178 valence electrons. The number of aromatic hydroxyl groups is 1. The first-order chi connectivity index (χ1) is 15.7. The van der Waals surface area contributed by atoms with Crippen LogP contribution in [0.25, 0.3) is 0 Å². The van der Waals surface area contributed by atoms with E-state index in [4.69, 9.17) is 14.2 Å². The zero-order chi connectivity index (χ0) is 24.5. The number of hydrogen-bond donors (Lipinski definition) is 3. The lowest BCUT2D eigenvalue weighted by Crippen LogP contribution is -2.22. The van der Waals surface area contributed by atoms with Gasteiger partial charge in [0.15, 0.2) is 18.1 Å². The van der Waals surface area contributed by atoms with Crippen LogP contribution in [0.1, 0.15) is 44.5 Å². The lowest BCUT2D eigenvalue weighted by molar-refractivity contribution is -0.147. The fourth-order valence-electron chi connectivity index (χ4n) is 2.90. The summed E-state index contributed by atoms with van der Waals surface area (Å²) in [6.45, 7) is 2.78. The van der Waals surface area contributed by atoms with Crippen LogP contribution in [0.4, 0.5) is 5.00 Å². The Bertz CT molecular complexity index is 1050. The molecule has 0 saturated heterocycles. The van der Waals surface area contributed by atoms with Crippen LogP contribution >= 0.6 is 11.3 Å². The number of methoxy groups -OCH3 is 1. The maximum atomic E-state index is 12.3. The Morgan fingerprint density at radius 3 is 2.48 bits per heavy atom. The van der Waals surface area contributed by atoms with Gasteiger partial charge in [-0.05, 0) is 43.5 Å². The Balaban J connectivity index is 1.98. The molecule has 0 unspecified atom stereocenters. The molecule has 2 aromatic rings. The summed E-state index contributed by atoms with van der Waals surface area (Å²) in [5, 5.41) is 14.9. The highest BCUT2D eigenvalue weighted by Crippen LogP contribution is 2.33. The van der Waals surface area contributed by atoms with E-state index >= 15 is 0 Å². The third-order valence-electron chi connectivity index (χ3n) is 4.54. The molecule has 1 heterocycles. The third kappa shape index (κ3) is 6.69. The van der Waals surface area contributed by atoms with Gasteiger partial charge in [0.2, 0.25) is 0 Å². The highest BCUT2D eigenvalue weighted by Gasteiger charge is 2.26. The number of nitrogens with one attached hydrogen (secondary N) is 2. The number of benzene rings is 1. The van der Waals surface area contributed by atoms with Crippen LogP contribution in [0.15, 0.2) is 18.2 Å². The molecule has 3 N–H and O–H groups in total. The third-order valence-corrected chi connectivity index (χ3v) is 5.74. The number of rotatable bonds is 10. The van der Waals surface area contributed by atoms with Crippen molar-refractivity contribution < 1.29 is 38.5 Å². The molecule has 0 aliphatic rings. The molecular formula is C22H26N2O8S. The van der Waals surface area contributed by atoms with Crippen LogP contribution < -0.4 is 15.4 Å². The van der Waals surface area contributed by atoms with E-state index in [9.17, 15) is 24.3 Å². The molecule has 1 aromatic heterocycles. The molecule has 0 aliphatic carbocycles. The monoisotopic (exact) mass is 478 g/mol. The first-order valence-electron chi connectivity index (χ1n) is 10.1. The highest BCUT2D eigenvalue weighted by atomic mass is 32.1. The van der Waals surface area contributed by atoms with Gasteiger partial charge in [-0.15, -0.1) is 11.3 Å². The van der Waals surface area contributed by atoms with Gasteiger partial charge in [-0.2, -0.15) is 0 Å². The maximum absolute atomic E-state index is 12.3. The van der Waals surface area contributed by atoms with Crippen molar-refractivity contribution in [2.45, 2.75) is 26.7 Å². The molecule has 0 aliphatic heterocycles. The Kier molecular flexibility index (Phi) is 9.22. The van der Waals surface area contributed by atoms with Crippen molar-refractivity contribution in [1.82, 2.24) is 5.32 Å². The molecule has 0 fully saturated rings. The molecular weight excluding hydrogens is 452 g/mol. The molecule has 33 heavy (non-hydrogen) atoms. The fraction of sp³-hybridized carbons (Fsp3) is 0.364. The van der Waals surface area contributed by atoms with Crippen LogP contribution in [0, 0.1) is 6.92 Å². The number of ether oxygens (including phenoxy) is 3. The number of thiophene rings is 1. The molecule has 0 atom stereocenters. The quantitative estimate of drug-likeness (QED) is 0.442. The molecule has 10 nitrogen and oxygen atoms in total. The lowest BCUT2D eigenvalue weighted by atomic mass is 10.1. The first-order valence-corrected chi connectivity index (χ1v) is 10.9.